The lowest BCUT2D eigenvalue weighted by Crippen LogP contribution is -2.37. The molecule has 1 aliphatic heterocycles. The molecule has 2 nitrogen and oxygen atoms in total. The lowest BCUT2D eigenvalue weighted by atomic mass is 9.93. The molecule has 3 heteroatoms. The highest BCUT2D eigenvalue weighted by molar-refractivity contribution is 6.83. The lowest BCUT2D eigenvalue weighted by molar-refractivity contribution is -0.167. The number of hydrogen-bond acceptors (Lipinski definition) is 2. The molecule has 0 aromatic carbocycles. The number of ether oxygens (including phenoxy) is 2. The van der Waals surface area contributed by atoms with Gasteiger partial charge in [0.05, 0.1) is 8.07 Å². The quantitative estimate of drug-likeness (QED) is 0.565. The number of hydrogen-bond donors (Lipinski definition) is 0. The van der Waals surface area contributed by atoms with E-state index >= 15 is 0 Å². The van der Waals surface area contributed by atoms with Crippen molar-refractivity contribution in [3.05, 3.63) is 23.4 Å². The van der Waals surface area contributed by atoms with Crippen LogP contribution in [-0.4, -0.2) is 25.6 Å². The smallest absolute Gasteiger partial charge is 0.164 e. The summed E-state index contributed by atoms with van der Waals surface area (Å²) >= 11 is 0. The first-order valence-electron chi connectivity index (χ1n) is 7.91. The van der Waals surface area contributed by atoms with E-state index in [-0.39, 0.29) is 11.7 Å². The number of fused-ring (bicyclic) bond motifs is 3. The second-order valence-electron chi connectivity index (χ2n) is 8.18. The molecule has 0 bridgehead atoms. The average Bonchev–Trinajstić information content (AvgIpc) is 2.83. The van der Waals surface area contributed by atoms with Gasteiger partial charge in [0.25, 0.3) is 0 Å². The monoisotopic (exact) mass is 292 g/mol. The number of rotatable bonds is 3. The summed E-state index contributed by atoms with van der Waals surface area (Å²) in [4.78, 5) is 0. The van der Waals surface area contributed by atoms with Crippen molar-refractivity contribution in [3.63, 3.8) is 0 Å². The highest BCUT2D eigenvalue weighted by Gasteiger charge is 2.62. The summed E-state index contributed by atoms with van der Waals surface area (Å²) in [6.07, 6.45) is 6.80. The predicted octanol–water partition coefficient (Wildman–Crippen LogP) is 4.44. The van der Waals surface area contributed by atoms with Gasteiger partial charge in [-0.25, -0.2) is 0 Å². The van der Waals surface area contributed by atoms with Gasteiger partial charge in [-0.05, 0) is 51.0 Å². The van der Waals surface area contributed by atoms with Crippen LogP contribution in [0.5, 0.6) is 0 Å². The Kier molecular flexibility index (Phi) is 3.13. The van der Waals surface area contributed by atoms with Crippen LogP contribution in [0.2, 0.25) is 19.6 Å². The molecule has 0 amide bonds. The van der Waals surface area contributed by atoms with Crippen LogP contribution in [0.15, 0.2) is 23.4 Å². The van der Waals surface area contributed by atoms with E-state index in [0.29, 0.717) is 5.92 Å². The number of allylic oxidation sites excluding steroid dienone is 1. The van der Waals surface area contributed by atoms with Crippen molar-refractivity contribution in [2.75, 3.05) is 0 Å². The molecule has 0 N–H and O–H groups in total. The molecule has 0 aromatic rings. The van der Waals surface area contributed by atoms with Crippen molar-refractivity contribution in [2.24, 2.45) is 5.92 Å². The Balaban J connectivity index is 2.06. The first-order valence-corrected chi connectivity index (χ1v) is 11.4. The summed E-state index contributed by atoms with van der Waals surface area (Å²) in [5.41, 5.74) is 1.48. The molecule has 0 aromatic heterocycles. The van der Waals surface area contributed by atoms with Gasteiger partial charge in [-0.3, -0.25) is 0 Å². The molecular formula is C17H28O2Si. The van der Waals surface area contributed by atoms with Gasteiger partial charge >= 0.3 is 0 Å². The fourth-order valence-electron chi connectivity index (χ4n) is 4.60. The van der Waals surface area contributed by atoms with Crippen LogP contribution in [-0.2, 0) is 9.47 Å². The molecule has 3 aliphatic rings. The van der Waals surface area contributed by atoms with Gasteiger partial charge in [0, 0.05) is 0 Å². The Morgan fingerprint density at radius 2 is 2.05 bits per heavy atom. The third-order valence-electron chi connectivity index (χ3n) is 5.13. The maximum atomic E-state index is 6.39. The molecule has 1 saturated heterocycles. The largest absolute Gasteiger partial charge is 0.341 e. The third-order valence-corrected chi connectivity index (χ3v) is 7.48. The van der Waals surface area contributed by atoms with Crippen LogP contribution in [0, 0.1) is 5.92 Å². The van der Waals surface area contributed by atoms with Crippen LogP contribution in [0.4, 0.5) is 0 Å². The van der Waals surface area contributed by atoms with Gasteiger partial charge in [-0.2, -0.15) is 0 Å². The standard InChI is InChI=1S/C17H28O2Si/c1-7-10-17-11-12-8-9-13(20(4,5)6)14(12)15(17)18-16(2,3)19-17/h7,12,15H,1,8-11H2,2-6H3/t12-,15+,17-/m0/s1. The highest BCUT2D eigenvalue weighted by atomic mass is 28.3. The van der Waals surface area contributed by atoms with Gasteiger partial charge in [0.1, 0.15) is 11.7 Å². The first-order chi connectivity index (χ1) is 9.19. The second kappa shape index (κ2) is 4.31. The topological polar surface area (TPSA) is 18.5 Å². The maximum Gasteiger partial charge on any atom is 0.164 e. The molecule has 0 radical (unpaired) electrons. The minimum absolute atomic E-state index is 0.142. The van der Waals surface area contributed by atoms with E-state index < -0.39 is 13.9 Å². The van der Waals surface area contributed by atoms with Crippen molar-refractivity contribution in [1.82, 2.24) is 0 Å². The summed E-state index contributed by atoms with van der Waals surface area (Å²) < 4.78 is 12.7. The van der Waals surface area contributed by atoms with Crippen LogP contribution in [0.3, 0.4) is 0 Å². The van der Waals surface area contributed by atoms with Crippen LogP contribution in [0.25, 0.3) is 0 Å². The molecule has 3 rings (SSSR count). The SMILES string of the molecule is C=CC[C@]12C[C@@H]3CCC([Si](C)(C)C)=C3[C@H]1OC(C)(C)O2. The van der Waals surface area contributed by atoms with Crippen LogP contribution in [0.1, 0.15) is 39.5 Å². The Labute approximate surface area is 124 Å². The normalized spacial score (nSPS) is 39.0. The van der Waals surface area contributed by atoms with Gasteiger partial charge in [0.15, 0.2) is 5.79 Å². The fourth-order valence-corrected chi connectivity index (χ4v) is 6.70. The summed E-state index contributed by atoms with van der Waals surface area (Å²) in [5, 5.41) is 1.75. The molecule has 2 aliphatic carbocycles. The van der Waals surface area contributed by atoms with E-state index in [1.54, 1.807) is 10.8 Å². The van der Waals surface area contributed by atoms with Crippen LogP contribution < -0.4 is 0 Å². The van der Waals surface area contributed by atoms with Gasteiger partial charge < -0.3 is 9.47 Å². The maximum absolute atomic E-state index is 6.39. The van der Waals surface area contributed by atoms with E-state index in [2.05, 4.69) is 40.1 Å². The van der Waals surface area contributed by atoms with Gasteiger partial charge in [-0.15, -0.1) is 6.58 Å². The van der Waals surface area contributed by atoms with E-state index in [0.717, 1.165) is 12.8 Å². The molecule has 1 saturated carbocycles. The third kappa shape index (κ3) is 2.06. The fraction of sp³-hybridized carbons (Fsp3) is 0.765. The van der Waals surface area contributed by atoms with Crippen molar-refractivity contribution >= 4 is 8.07 Å². The van der Waals surface area contributed by atoms with E-state index in [4.69, 9.17) is 9.47 Å². The predicted molar refractivity (Wildman–Crippen MR) is 85.3 cm³/mol. The summed E-state index contributed by atoms with van der Waals surface area (Å²) in [6.45, 7) is 15.4. The first kappa shape index (κ1) is 14.5. The lowest BCUT2D eigenvalue weighted by Gasteiger charge is -2.28. The van der Waals surface area contributed by atoms with E-state index in [1.165, 1.54) is 12.8 Å². The molecule has 112 valence electrons. The molecule has 0 unspecified atom stereocenters. The zero-order valence-corrected chi connectivity index (χ0v) is 14.6. The molecule has 3 atom stereocenters. The minimum atomic E-state index is -1.25. The second-order valence-corrected chi connectivity index (χ2v) is 13.3. The van der Waals surface area contributed by atoms with Crippen LogP contribution >= 0.6 is 0 Å². The van der Waals surface area contributed by atoms with E-state index in [9.17, 15) is 0 Å². The van der Waals surface area contributed by atoms with Crippen molar-refractivity contribution in [1.29, 1.82) is 0 Å². The zero-order valence-electron chi connectivity index (χ0n) is 13.6. The van der Waals surface area contributed by atoms with Crippen molar-refractivity contribution in [2.45, 2.75) is 76.7 Å². The molecule has 0 spiro atoms. The van der Waals surface area contributed by atoms with Gasteiger partial charge in [0.2, 0.25) is 0 Å². The minimum Gasteiger partial charge on any atom is -0.341 e. The molecular weight excluding hydrogens is 264 g/mol. The van der Waals surface area contributed by atoms with Crippen molar-refractivity contribution in [3.8, 4) is 0 Å². The van der Waals surface area contributed by atoms with Crippen molar-refractivity contribution < 1.29 is 9.47 Å². The van der Waals surface area contributed by atoms with Gasteiger partial charge in [-0.1, -0.05) is 30.9 Å². The molecule has 20 heavy (non-hydrogen) atoms. The summed E-state index contributed by atoms with van der Waals surface area (Å²) in [5.74, 6) is 0.233. The summed E-state index contributed by atoms with van der Waals surface area (Å²) in [6, 6.07) is 0. The Bertz CT molecular complexity index is 472. The molecule has 2 fully saturated rings. The zero-order chi connectivity index (χ0) is 14.8. The Morgan fingerprint density at radius 1 is 1.35 bits per heavy atom. The molecule has 1 heterocycles. The summed E-state index contributed by atoms with van der Waals surface area (Å²) in [7, 11) is -1.25. The van der Waals surface area contributed by atoms with E-state index in [1.807, 2.05) is 6.08 Å². The highest BCUT2D eigenvalue weighted by Crippen LogP contribution is 2.58. The Morgan fingerprint density at radius 3 is 2.65 bits per heavy atom. The Hall–Kier alpha value is -0.383. The average molecular weight is 292 g/mol.